The molecule has 0 saturated carbocycles. The molecule has 1 unspecified atom stereocenters. The van der Waals surface area contributed by atoms with E-state index in [4.69, 9.17) is 5.73 Å². The second-order valence-corrected chi connectivity index (χ2v) is 4.53. The number of carbonyl (C=O) groups excluding carboxylic acids is 1. The number of nitrogens with one attached hydrogen (secondary N) is 1. The highest BCUT2D eigenvalue weighted by atomic mass is 19.1. The van der Waals surface area contributed by atoms with Crippen LogP contribution in [0.2, 0.25) is 0 Å². The molecular formula is C13H19FN2O. The van der Waals surface area contributed by atoms with Crippen LogP contribution in [0.3, 0.4) is 0 Å². The molecule has 0 bridgehead atoms. The molecule has 3 nitrogen and oxygen atoms in total. The molecule has 1 atom stereocenters. The monoisotopic (exact) mass is 238 g/mol. The van der Waals surface area contributed by atoms with Crippen molar-refractivity contribution in [3.63, 3.8) is 0 Å². The number of amides is 1. The maximum atomic E-state index is 13.1. The molecule has 0 saturated heterocycles. The molecule has 0 fully saturated rings. The summed E-state index contributed by atoms with van der Waals surface area (Å²) in [6, 6.07) is 4.32. The van der Waals surface area contributed by atoms with E-state index in [1.54, 1.807) is 13.0 Å². The lowest BCUT2D eigenvalue weighted by Crippen LogP contribution is -2.39. The molecule has 4 heteroatoms. The normalized spacial score (nSPS) is 14.2. The third-order valence-corrected chi connectivity index (χ3v) is 3.23. The average molecular weight is 238 g/mol. The Kier molecular flexibility index (Phi) is 4.23. The van der Waals surface area contributed by atoms with Crippen molar-refractivity contribution in [1.82, 2.24) is 0 Å². The van der Waals surface area contributed by atoms with Crippen LogP contribution in [0.15, 0.2) is 18.2 Å². The van der Waals surface area contributed by atoms with Gasteiger partial charge in [0, 0.05) is 12.2 Å². The number of hydrogen-bond donors (Lipinski definition) is 2. The summed E-state index contributed by atoms with van der Waals surface area (Å²) in [4.78, 5) is 12.0. The summed E-state index contributed by atoms with van der Waals surface area (Å²) in [5.41, 5.74) is 6.32. The minimum atomic E-state index is -0.612. The third kappa shape index (κ3) is 3.03. The van der Waals surface area contributed by atoms with Crippen LogP contribution in [0.1, 0.15) is 25.8 Å². The quantitative estimate of drug-likeness (QED) is 0.846. The Hall–Kier alpha value is -1.42. The molecule has 17 heavy (non-hydrogen) atoms. The minimum Gasteiger partial charge on any atom is -0.329 e. The zero-order chi connectivity index (χ0) is 13.1. The summed E-state index contributed by atoms with van der Waals surface area (Å²) in [5, 5.41) is 2.73. The van der Waals surface area contributed by atoms with Crippen molar-refractivity contribution in [2.45, 2.75) is 27.2 Å². The van der Waals surface area contributed by atoms with Gasteiger partial charge in [0.05, 0.1) is 5.41 Å². The highest BCUT2D eigenvalue weighted by Crippen LogP contribution is 2.23. The Balaban J connectivity index is 2.91. The molecule has 1 aromatic rings. The number of carbonyl (C=O) groups is 1. The molecule has 0 heterocycles. The first-order valence-corrected chi connectivity index (χ1v) is 5.70. The van der Waals surface area contributed by atoms with Gasteiger partial charge in [0.1, 0.15) is 5.82 Å². The zero-order valence-electron chi connectivity index (χ0n) is 10.5. The van der Waals surface area contributed by atoms with Crippen LogP contribution in [0.5, 0.6) is 0 Å². The predicted octanol–water partition coefficient (Wildman–Crippen LogP) is 2.45. The number of aryl methyl sites for hydroxylation is 1. The molecule has 0 aliphatic heterocycles. The van der Waals surface area contributed by atoms with Gasteiger partial charge in [0.15, 0.2) is 0 Å². The van der Waals surface area contributed by atoms with Crippen molar-refractivity contribution < 1.29 is 9.18 Å². The van der Waals surface area contributed by atoms with Gasteiger partial charge < -0.3 is 11.1 Å². The van der Waals surface area contributed by atoms with E-state index in [0.29, 0.717) is 12.1 Å². The van der Waals surface area contributed by atoms with Crippen molar-refractivity contribution in [2.75, 3.05) is 11.9 Å². The van der Waals surface area contributed by atoms with Crippen LogP contribution in [-0.2, 0) is 4.79 Å². The molecule has 0 aromatic heterocycles. The molecule has 94 valence electrons. The predicted molar refractivity (Wildman–Crippen MR) is 67.2 cm³/mol. The Morgan fingerprint density at radius 2 is 2.18 bits per heavy atom. The van der Waals surface area contributed by atoms with E-state index in [9.17, 15) is 9.18 Å². The smallest absolute Gasteiger partial charge is 0.231 e. The van der Waals surface area contributed by atoms with Crippen molar-refractivity contribution >= 4 is 11.6 Å². The highest BCUT2D eigenvalue weighted by molar-refractivity contribution is 5.95. The first-order valence-electron chi connectivity index (χ1n) is 5.70. The summed E-state index contributed by atoms with van der Waals surface area (Å²) in [7, 11) is 0. The third-order valence-electron chi connectivity index (χ3n) is 3.23. The van der Waals surface area contributed by atoms with Gasteiger partial charge in [-0.3, -0.25) is 4.79 Å². The highest BCUT2D eigenvalue weighted by Gasteiger charge is 2.29. The fourth-order valence-electron chi connectivity index (χ4n) is 1.40. The van der Waals surface area contributed by atoms with Crippen molar-refractivity contribution in [3.8, 4) is 0 Å². The molecule has 0 aliphatic rings. The molecule has 1 amide bonds. The minimum absolute atomic E-state index is 0.170. The fraction of sp³-hybridized carbons (Fsp3) is 0.462. The first-order chi connectivity index (χ1) is 7.92. The zero-order valence-corrected chi connectivity index (χ0v) is 10.5. The van der Waals surface area contributed by atoms with Crippen LogP contribution in [-0.4, -0.2) is 12.5 Å². The number of nitrogens with two attached hydrogens (primary N) is 1. The Labute approximate surface area is 101 Å². The van der Waals surface area contributed by atoms with E-state index >= 15 is 0 Å². The van der Waals surface area contributed by atoms with Crippen LogP contribution in [0.25, 0.3) is 0 Å². The number of hydrogen-bond acceptors (Lipinski definition) is 2. The molecule has 0 aliphatic carbocycles. The Morgan fingerprint density at radius 1 is 1.53 bits per heavy atom. The van der Waals surface area contributed by atoms with E-state index in [0.717, 1.165) is 5.56 Å². The summed E-state index contributed by atoms with van der Waals surface area (Å²) in [6.45, 7) is 5.80. The average Bonchev–Trinajstić information content (AvgIpc) is 2.32. The van der Waals surface area contributed by atoms with Gasteiger partial charge in [-0.1, -0.05) is 13.0 Å². The van der Waals surface area contributed by atoms with E-state index in [-0.39, 0.29) is 18.3 Å². The lowest BCUT2D eigenvalue weighted by atomic mass is 9.86. The Bertz CT molecular complexity index is 414. The summed E-state index contributed by atoms with van der Waals surface area (Å²) < 4.78 is 13.1. The second-order valence-electron chi connectivity index (χ2n) is 4.53. The number of anilines is 1. The molecule has 1 rings (SSSR count). The van der Waals surface area contributed by atoms with Gasteiger partial charge in [0.2, 0.25) is 5.91 Å². The number of halogens is 1. The first kappa shape index (κ1) is 13.6. The Morgan fingerprint density at radius 3 is 2.71 bits per heavy atom. The second kappa shape index (κ2) is 5.27. The maximum absolute atomic E-state index is 13.1. The number of rotatable bonds is 4. The topological polar surface area (TPSA) is 55.1 Å². The van der Waals surface area contributed by atoms with Gasteiger partial charge in [-0.05, 0) is 38.0 Å². The summed E-state index contributed by atoms with van der Waals surface area (Å²) >= 11 is 0. The van der Waals surface area contributed by atoms with Gasteiger partial charge in [-0.25, -0.2) is 4.39 Å². The van der Waals surface area contributed by atoms with Gasteiger partial charge in [-0.2, -0.15) is 0 Å². The van der Waals surface area contributed by atoms with E-state index in [1.807, 2.05) is 13.8 Å². The molecule has 1 aromatic carbocycles. The van der Waals surface area contributed by atoms with Crippen LogP contribution in [0.4, 0.5) is 10.1 Å². The summed E-state index contributed by atoms with van der Waals surface area (Å²) in [6.07, 6.45) is 0.643. The van der Waals surface area contributed by atoms with Crippen molar-refractivity contribution in [1.29, 1.82) is 0 Å². The van der Waals surface area contributed by atoms with Crippen molar-refractivity contribution in [2.24, 2.45) is 11.1 Å². The standard InChI is InChI=1S/C13H19FN2O/c1-4-13(3,8-15)12(17)16-11-7-10(14)6-5-9(11)2/h5-7H,4,8,15H2,1-3H3,(H,16,17). The molecular weight excluding hydrogens is 219 g/mol. The van der Waals surface area contributed by atoms with Gasteiger partial charge >= 0.3 is 0 Å². The van der Waals surface area contributed by atoms with Crippen LogP contribution in [0, 0.1) is 18.2 Å². The SMILES string of the molecule is CCC(C)(CN)C(=O)Nc1cc(F)ccc1C. The largest absolute Gasteiger partial charge is 0.329 e. The van der Waals surface area contributed by atoms with Crippen molar-refractivity contribution in [3.05, 3.63) is 29.6 Å². The van der Waals surface area contributed by atoms with Gasteiger partial charge in [-0.15, -0.1) is 0 Å². The van der Waals surface area contributed by atoms with E-state index in [2.05, 4.69) is 5.32 Å². The summed E-state index contributed by atoms with van der Waals surface area (Å²) in [5.74, 6) is -0.534. The lowest BCUT2D eigenvalue weighted by molar-refractivity contribution is -0.124. The van der Waals surface area contributed by atoms with E-state index < -0.39 is 5.41 Å². The maximum Gasteiger partial charge on any atom is 0.231 e. The fourth-order valence-corrected chi connectivity index (χ4v) is 1.40. The molecule has 3 N–H and O–H groups in total. The van der Waals surface area contributed by atoms with Crippen LogP contribution >= 0.6 is 0 Å². The van der Waals surface area contributed by atoms with E-state index in [1.165, 1.54) is 12.1 Å². The molecule has 0 spiro atoms. The van der Waals surface area contributed by atoms with Gasteiger partial charge in [0.25, 0.3) is 0 Å². The number of benzene rings is 1. The molecule has 0 radical (unpaired) electrons. The van der Waals surface area contributed by atoms with Crippen LogP contribution < -0.4 is 11.1 Å². The lowest BCUT2D eigenvalue weighted by Gasteiger charge is -2.25.